The Morgan fingerprint density at radius 3 is 3.00 bits per heavy atom. The zero-order valence-corrected chi connectivity index (χ0v) is 8.18. The van der Waals surface area contributed by atoms with E-state index in [9.17, 15) is 9.18 Å². The highest BCUT2D eigenvalue weighted by atomic mass is 19.1. The maximum atomic E-state index is 12.9. The second-order valence-corrected chi connectivity index (χ2v) is 3.27. The first-order chi connectivity index (χ1) is 7.66. The fourth-order valence-electron chi connectivity index (χ4n) is 1.40. The minimum atomic E-state index is -1.10. The molecule has 0 saturated heterocycles. The molecule has 5 heteroatoms. The minimum Gasteiger partial charge on any atom is -0.478 e. The molecule has 1 aromatic carbocycles. The SMILES string of the molecule is O=C(O)c1cnoc1Cc1cccc(F)c1. The van der Waals surface area contributed by atoms with Crippen molar-refractivity contribution in [3.63, 3.8) is 0 Å². The van der Waals surface area contributed by atoms with E-state index in [1.807, 2.05) is 0 Å². The molecule has 0 aliphatic rings. The Morgan fingerprint density at radius 2 is 2.31 bits per heavy atom. The minimum absolute atomic E-state index is 0.00395. The number of carboxylic acids is 1. The van der Waals surface area contributed by atoms with E-state index in [1.165, 1.54) is 12.1 Å². The van der Waals surface area contributed by atoms with Crippen molar-refractivity contribution in [1.82, 2.24) is 5.16 Å². The summed E-state index contributed by atoms with van der Waals surface area (Å²) in [5, 5.41) is 12.2. The fourth-order valence-corrected chi connectivity index (χ4v) is 1.40. The van der Waals surface area contributed by atoms with Crippen LogP contribution in [0.5, 0.6) is 0 Å². The van der Waals surface area contributed by atoms with E-state index in [-0.39, 0.29) is 23.6 Å². The van der Waals surface area contributed by atoms with Crippen LogP contribution >= 0.6 is 0 Å². The molecular formula is C11H8FNO3. The summed E-state index contributed by atoms with van der Waals surface area (Å²) < 4.78 is 17.7. The van der Waals surface area contributed by atoms with E-state index in [0.717, 1.165) is 6.20 Å². The first-order valence-electron chi connectivity index (χ1n) is 4.58. The zero-order valence-electron chi connectivity index (χ0n) is 8.18. The van der Waals surface area contributed by atoms with Gasteiger partial charge >= 0.3 is 5.97 Å². The van der Waals surface area contributed by atoms with E-state index in [0.29, 0.717) is 5.56 Å². The molecule has 2 aromatic rings. The molecule has 0 spiro atoms. The molecule has 0 aliphatic carbocycles. The number of nitrogens with zero attached hydrogens (tertiary/aromatic N) is 1. The van der Waals surface area contributed by atoms with Gasteiger partial charge in [-0.05, 0) is 17.7 Å². The number of carboxylic acid groups (broad SMARTS) is 1. The summed E-state index contributed by atoms with van der Waals surface area (Å²) in [6, 6.07) is 5.90. The topological polar surface area (TPSA) is 63.3 Å². The third-order valence-electron chi connectivity index (χ3n) is 2.13. The first-order valence-corrected chi connectivity index (χ1v) is 4.58. The highest BCUT2D eigenvalue weighted by Gasteiger charge is 2.15. The van der Waals surface area contributed by atoms with Gasteiger partial charge in [0.2, 0.25) is 0 Å². The molecule has 16 heavy (non-hydrogen) atoms. The van der Waals surface area contributed by atoms with Gasteiger partial charge in [-0.15, -0.1) is 0 Å². The molecule has 0 aliphatic heterocycles. The molecule has 0 fully saturated rings. The van der Waals surface area contributed by atoms with Crippen LogP contribution in [0.2, 0.25) is 0 Å². The lowest BCUT2D eigenvalue weighted by atomic mass is 10.1. The number of halogens is 1. The van der Waals surface area contributed by atoms with E-state index in [1.54, 1.807) is 12.1 Å². The summed E-state index contributed by atoms with van der Waals surface area (Å²) >= 11 is 0. The molecule has 1 heterocycles. The average Bonchev–Trinajstić information content (AvgIpc) is 2.66. The van der Waals surface area contributed by atoms with Crippen molar-refractivity contribution < 1.29 is 18.8 Å². The van der Waals surface area contributed by atoms with Crippen LogP contribution in [0, 0.1) is 5.82 Å². The van der Waals surface area contributed by atoms with Crippen molar-refractivity contribution in [2.24, 2.45) is 0 Å². The summed E-state index contributed by atoms with van der Waals surface area (Å²) in [7, 11) is 0. The predicted molar refractivity (Wildman–Crippen MR) is 52.7 cm³/mol. The van der Waals surface area contributed by atoms with Crippen LogP contribution in [-0.2, 0) is 6.42 Å². The molecule has 0 amide bonds. The lowest BCUT2D eigenvalue weighted by Crippen LogP contribution is -1.99. The average molecular weight is 221 g/mol. The largest absolute Gasteiger partial charge is 0.478 e. The third kappa shape index (κ3) is 2.08. The van der Waals surface area contributed by atoms with Crippen LogP contribution in [0.15, 0.2) is 35.0 Å². The monoisotopic (exact) mass is 221 g/mol. The molecule has 1 aromatic heterocycles. The first kappa shape index (κ1) is 10.4. The molecule has 82 valence electrons. The normalized spacial score (nSPS) is 10.3. The van der Waals surface area contributed by atoms with Gasteiger partial charge in [0.1, 0.15) is 11.4 Å². The fraction of sp³-hybridized carbons (Fsp3) is 0.0909. The van der Waals surface area contributed by atoms with Crippen molar-refractivity contribution in [3.8, 4) is 0 Å². The maximum absolute atomic E-state index is 12.9. The van der Waals surface area contributed by atoms with Crippen LogP contribution < -0.4 is 0 Å². The molecule has 2 rings (SSSR count). The third-order valence-corrected chi connectivity index (χ3v) is 2.13. The Morgan fingerprint density at radius 1 is 1.50 bits per heavy atom. The second kappa shape index (κ2) is 4.14. The Hall–Kier alpha value is -2.17. The number of benzene rings is 1. The standard InChI is InChI=1S/C11H8FNO3/c12-8-3-1-2-7(4-8)5-10-9(11(14)15)6-13-16-10/h1-4,6H,5H2,(H,14,15). The van der Waals surface area contributed by atoms with E-state index < -0.39 is 5.97 Å². The Balaban J connectivity index is 2.27. The van der Waals surface area contributed by atoms with Crippen LogP contribution in [0.1, 0.15) is 21.7 Å². The van der Waals surface area contributed by atoms with Crippen molar-refractivity contribution >= 4 is 5.97 Å². The molecule has 1 N–H and O–H groups in total. The number of carbonyl (C=O) groups is 1. The molecule has 4 nitrogen and oxygen atoms in total. The van der Waals surface area contributed by atoms with Crippen molar-refractivity contribution in [2.45, 2.75) is 6.42 Å². The van der Waals surface area contributed by atoms with Gasteiger partial charge in [-0.25, -0.2) is 9.18 Å². The Labute approximate surface area is 90.3 Å². The van der Waals surface area contributed by atoms with Crippen LogP contribution in [0.4, 0.5) is 4.39 Å². The molecule has 0 saturated carbocycles. The highest BCUT2D eigenvalue weighted by molar-refractivity contribution is 5.88. The summed E-state index contributed by atoms with van der Waals surface area (Å²) in [4.78, 5) is 10.8. The zero-order chi connectivity index (χ0) is 11.5. The van der Waals surface area contributed by atoms with Crippen LogP contribution in [0.25, 0.3) is 0 Å². The number of rotatable bonds is 3. The smallest absolute Gasteiger partial charge is 0.340 e. The number of aromatic carboxylic acids is 1. The summed E-state index contributed by atoms with van der Waals surface area (Å²) in [5.41, 5.74) is 0.642. The van der Waals surface area contributed by atoms with E-state index in [4.69, 9.17) is 9.63 Å². The number of hydrogen-bond acceptors (Lipinski definition) is 3. The molecule has 0 unspecified atom stereocenters. The summed E-state index contributed by atoms with van der Waals surface area (Å²) in [6.45, 7) is 0. The Bertz CT molecular complexity index is 521. The van der Waals surface area contributed by atoms with Gasteiger partial charge in [0.05, 0.1) is 6.20 Å². The van der Waals surface area contributed by atoms with E-state index in [2.05, 4.69) is 5.16 Å². The van der Waals surface area contributed by atoms with Gasteiger partial charge in [-0.3, -0.25) is 0 Å². The van der Waals surface area contributed by atoms with Crippen molar-refractivity contribution in [3.05, 3.63) is 53.2 Å². The van der Waals surface area contributed by atoms with Gasteiger partial charge in [0.25, 0.3) is 0 Å². The molecule has 0 bridgehead atoms. The molecule has 0 atom stereocenters. The van der Waals surface area contributed by atoms with Crippen LogP contribution in [-0.4, -0.2) is 16.2 Å². The van der Waals surface area contributed by atoms with Crippen LogP contribution in [0.3, 0.4) is 0 Å². The van der Waals surface area contributed by atoms with Gasteiger partial charge < -0.3 is 9.63 Å². The van der Waals surface area contributed by atoms with Crippen molar-refractivity contribution in [2.75, 3.05) is 0 Å². The van der Waals surface area contributed by atoms with Gasteiger partial charge in [0, 0.05) is 6.42 Å². The number of hydrogen-bond donors (Lipinski definition) is 1. The van der Waals surface area contributed by atoms with Crippen molar-refractivity contribution in [1.29, 1.82) is 0 Å². The maximum Gasteiger partial charge on any atom is 0.340 e. The molecule has 0 radical (unpaired) electrons. The lowest BCUT2D eigenvalue weighted by molar-refractivity contribution is 0.0694. The van der Waals surface area contributed by atoms with Gasteiger partial charge in [-0.2, -0.15) is 0 Å². The second-order valence-electron chi connectivity index (χ2n) is 3.27. The predicted octanol–water partition coefficient (Wildman–Crippen LogP) is 2.10. The quantitative estimate of drug-likeness (QED) is 0.862. The Kier molecular flexibility index (Phi) is 2.68. The molecular weight excluding hydrogens is 213 g/mol. The lowest BCUT2D eigenvalue weighted by Gasteiger charge is -1.98. The van der Waals surface area contributed by atoms with Gasteiger partial charge in [-0.1, -0.05) is 17.3 Å². The summed E-state index contributed by atoms with van der Waals surface area (Å²) in [6.07, 6.45) is 1.34. The van der Waals surface area contributed by atoms with E-state index >= 15 is 0 Å². The summed E-state index contributed by atoms with van der Waals surface area (Å²) in [5.74, 6) is -1.25. The highest BCUT2D eigenvalue weighted by Crippen LogP contribution is 2.14. The number of aromatic nitrogens is 1. The van der Waals surface area contributed by atoms with Gasteiger partial charge in [0.15, 0.2) is 5.76 Å².